The summed E-state index contributed by atoms with van der Waals surface area (Å²) in [5.41, 5.74) is 4.00. The fourth-order valence-electron chi connectivity index (χ4n) is 3.20. The van der Waals surface area contributed by atoms with E-state index in [1.165, 1.54) is 0 Å². The Morgan fingerprint density at radius 3 is 2.52 bits per heavy atom. The van der Waals surface area contributed by atoms with Crippen LogP contribution < -0.4 is 5.32 Å². The van der Waals surface area contributed by atoms with E-state index in [1.54, 1.807) is 24.3 Å². The highest BCUT2D eigenvalue weighted by molar-refractivity contribution is 6.42. The van der Waals surface area contributed by atoms with Gasteiger partial charge in [0.2, 0.25) is 0 Å². The first-order chi connectivity index (χ1) is 13.8. The number of nitrogens with one attached hydrogen (secondary N) is 2. The van der Waals surface area contributed by atoms with Gasteiger partial charge in [0, 0.05) is 24.5 Å². The molecular formula is C22H26Cl2N4O. The number of hydrogen-bond acceptors (Lipinski definition) is 3. The number of carbonyl (C=O) groups is 1. The maximum absolute atomic E-state index is 12.7. The van der Waals surface area contributed by atoms with Crippen molar-refractivity contribution in [1.29, 1.82) is 5.26 Å². The van der Waals surface area contributed by atoms with Gasteiger partial charge in [-0.15, -0.1) is 0 Å². The molecule has 0 bridgehead atoms. The number of amides is 1. The van der Waals surface area contributed by atoms with Crippen LogP contribution >= 0.6 is 23.2 Å². The predicted molar refractivity (Wildman–Crippen MR) is 120 cm³/mol. The molecule has 0 aliphatic heterocycles. The van der Waals surface area contributed by atoms with Gasteiger partial charge < -0.3 is 15.2 Å². The maximum Gasteiger partial charge on any atom is 0.253 e. The van der Waals surface area contributed by atoms with Crippen molar-refractivity contribution in [2.24, 2.45) is 0 Å². The number of aromatic nitrogens is 1. The summed E-state index contributed by atoms with van der Waals surface area (Å²) < 4.78 is 0. The largest absolute Gasteiger partial charge is 0.358 e. The van der Waals surface area contributed by atoms with Gasteiger partial charge in [-0.25, -0.2) is 0 Å². The number of nitriles is 1. The Morgan fingerprint density at radius 1 is 1.24 bits per heavy atom. The Bertz CT molecular complexity index is 952. The summed E-state index contributed by atoms with van der Waals surface area (Å²) in [6, 6.07) is 7.25. The van der Waals surface area contributed by atoms with Crippen LogP contribution in [0.2, 0.25) is 10.0 Å². The number of rotatable bonds is 8. The lowest BCUT2D eigenvalue weighted by Gasteiger charge is -2.18. The van der Waals surface area contributed by atoms with Crippen molar-refractivity contribution < 1.29 is 4.79 Å². The van der Waals surface area contributed by atoms with Gasteiger partial charge >= 0.3 is 0 Å². The number of H-pyrrole nitrogens is 1. The lowest BCUT2D eigenvalue weighted by molar-refractivity contribution is 0.0948. The van der Waals surface area contributed by atoms with E-state index in [9.17, 15) is 10.1 Å². The molecule has 0 fully saturated rings. The highest BCUT2D eigenvalue weighted by atomic mass is 35.5. The number of likely N-dealkylation sites (N-methyl/N-ethyl adjacent to an activating group) is 1. The van der Waals surface area contributed by atoms with Gasteiger partial charge in [0.25, 0.3) is 5.91 Å². The number of nitrogens with zero attached hydrogens (tertiary/aromatic N) is 2. The van der Waals surface area contributed by atoms with Gasteiger partial charge in [0.15, 0.2) is 0 Å². The molecule has 5 nitrogen and oxygen atoms in total. The van der Waals surface area contributed by atoms with Gasteiger partial charge in [-0.3, -0.25) is 4.79 Å². The number of benzene rings is 1. The van der Waals surface area contributed by atoms with E-state index in [0.717, 1.165) is 36.6 Å². The molecule has 7 heteroatoms. The first kappa shape index (κ1) is 23.0. The maximum atomic E-state index is 12.7. The minimum absolute atomic E-state index is 0.115. The molecule has 154 valence electrons. The summed E-state index contributed by atoms with van der Waals surface area (Å²) in [6.07, 6.45) is 1.73. The molecule has 0 saturated carbocycles. The second-order valence-corrected chi connectivity index (χ2v) is 7.56. The molecule has 0 unspecified atom stereocenters. The van der Waals surface area contributed by atoms with E-state index < -0.39 is 0 Å². The summed E-state index contributed by atoms with van der Waals surface area (Å²) in [5.74, 6) is -0.115. The van der Waals surface area contributed by atoms with Crippen molar-refractivity contribution in [3.63, 3.8) is 0 Å². The zero-order valence-electron chi connectivity index (χ0n) is 17.2. The second-order valence-electron chi connectivity index (χ2n) is 6.75. The molecule has 2 rings (SSSR count). The first-order valence-corrected chi connectivity index (χ1v) is 10.3. The van der Waals surface area contributed by atoms with E-state index in [4.69, 9.17) is 23.2 Å². The Labute approximate surface area is 182 Å². The molecule has 0 spiro atoms. The van der Waals surface area contributed by atoms with Crippen LogP contribution in [0.15, 0.2) is 18.2 Å². The molecule has 29 heavy (non-hydrogen) atoms. The number of halogens is 2. The Balaban J connectivity index is 2.25. The molecule has 0 aliphatic rings. The molecule has 0 aliphatic carbocycles. The molecule has 0 radical (unpaired) electrons. The van der Waals surface area contributed by atoms with Crippen LogP contribution in [-0.4, -0.2) is 42.0 Å². The Kier molecular flexibility index (Phi) is 8.33. The zero-order valence-corrected chi connectivity index (χ0v) is 18.7. The average Bonchev–Trinajstić information content (AvgIpc) is 2.98. The molecule has 1 aromatic heterocycles. The summed E-state index contributed by atoms with van der Waals surface area (Å²) in [4.78, 5) is 18.2. The van der Waals surface area contributed by atoms with E-state index in [-0.39, 0.29) is 5.91 Å². The fraction of sp³-hybridized carbons (Fsp3) is 0.364. The number of carbonyl (C=O) groups excluding carboxylic acids is 1. The standard InChI is InChI=1S/C22H26Cl2N4O/c1-5-28(6-2)10-9-26-22(29)21-14(3)20(27-15(21)4)12-17(13-25)16-7-8-18(23)19(24)11-16/h7-8,11-12,27H,5-6,9-10H2,1-4H3,(H,26,29)/b17-12+. The molecule has 2 aromatic rings. The van der Waals surface area contributed by atoms with Crippen molar-refractivity contribution in [2.75, 3.05) is 26.2 Å². The molecule has 2 N–H and O–H groups in total. The second kappa shape index (κ2) is 10.5. The van der Waals surface area contributed by atoms with Gasteiger partial charge in [-0.05, 0) is 56.3 Å². The van der Waals surface area contributed by atoms with Crippen molar-refractivity contribution in [3.05, 3.63) is 56.3 Å². The molecular weight excluding hydrogens is 407 g/mol. The van der Waals surface area contributed by atoms with Gasteiger partial charge in [0.1, 0.15) is 0 Å². The van der Waals surface area contributed by atoms with Crippen molar-refractivity contribution in [3.8, 4) is 6.07 Å². The van der Waals surface area contributed by atoms with Gasteiger partial charge in [-0.1, -0.05) is 43.1 Å². The number of aromatic amines is 1. The first-order valence-electron chi connectivity index (χ1n) is 9.59. The third-order valence-electron chi connectivity index (χ3n) is 4.95. The third kappa shape index (κ3) is 5.63. The number of hydrogen-bond donors (Lipinski definition) is 2. The van der Waals surface area contributed by atoms with E-state index >= 15 is 0 Å². The van der Waals surface area contributed by atoms with Crippen LogP contribution in [0.3, 0.4) is 0 Å². The summed E-state index contributed by atoms with van der Waals surface area (Å²) in [5, 5.41) is 13.4. The average molecular weight is 433 g/mol. The van der Waals surface area contributed by atoms with Crippen LogP contribution in [-0.2, 0) is 0 Å². The van der Waals surface area contributed by atoms with Gasteiger partial charge in [-0.2, -0.15) is 5.26 Å². The summed E-state index contributed by atoms with van der Waals surface area (Å²) in [6.45, 7) is 11.2. The van der Waals surface area contributed by atoms with Crippen LogP contribution in [0, 0.1) is 25.2 Å². The molecule has 1 amide bonds. The van der Waals surface area contributed by atoms with Crippen LogP contribution in [0.1, 0.15) is 46.7 Å². The van der Waals surface area contributed by atoms with Crippen LogP contribution in [0.4, 0.5) is 0 Å². The highest BCUT2D eigenvalue weighted by Crippen LogP contribution is 2.28. The minimum atomic E-state index is -0.115. The monoisotopic (exact) mass is 432 g/mol. The quantitative estimate of drug-likeness (QED) is 0.571. The molecule has 0 saturated heterocycles. The Morgan fingerprint density at radius 2 is 1.93 bits per heavy atom. The predicted octanol–water partition coefficient (Wildman–Crippen LogP) is 5.07. The topological polar surface area (TPSA) is 71.9 Å². The SMILES string of the molecule is CCN(CC)CCNC(=O)c1c(C)[nH]c(/C=C(\C#N)c2ccc(Cl)c(Cl)c2)c1C. The lowest BCUT2D eigenvalue weighted by Crippen LogP contribution is -2.35. The van der Waals surface area contributed by atoms with E-state index in [0.29, 0.717) is 33.3 Å². The number of aryl methyl sites for hydroxylation is 1. The molecule has 1 aromatic carbocycles. The molecule has 0 atom stereocenters. The van der Waals surface area contributed by atoms with Crippen molar-refractivity contribution in [1.82, 2.24) is 15.2 Å². The summed E-state index contributed by atoms with van der Waals surface area (Å²) in [7, 11) is 0. The zero-order chi connectivity index (χ0) is 21.6. The van der Waals surface area contributed by atoms with Crippen molar-refractivity contribution in [2.45, 2.75) is 27.7 Å². The van der Waals surface area contributed by atoms with E-state index in [1.807, 2.05) is 13.8 Å². The van der Waals surface area contributed by atoms with E-state index in [2.05, 4.69) is 35.1 Å². The lowest BCUT2D eigenvalue weighted by atomic mass is 10.0. The van der Waals surface area contributed by atoms with Crippen molar-refractivity contribution >= 4 is 40.8 Å². The third-order valence-corrected chi connectivity index (χ3v) is 5.69. The van der Waals surface area contributed by atoms with Crippen LogP contribution in [0.25, 0.3) is 11.6 Å². The summed E-state index contributed by atoms with van der Waals surface area (Å²) >= 11 is 12.0. The van der Waals surface area contributed by atoms with Gasteiger partial charge in [0.05, 0.1) is 27.3 Å². The molecule has 1 heterocycles. The Hall–Kier alpha value is -2.26. The normalized spacial score (nSPS) is 11.6. The number of allylic oxidation sites excluding steroid dienone is 1. The smallest absolute Gasteiger partial charge is 0.253 e. The highest BCUT2D eigenvalue weighted by Gasteiger charge is 2.18. The fourth-order valence-corrected chi connectivity index (χ4v) is 3.50. The van der Waals surface area contributed by atoms with Crippen LogP contribution in [0.5, 0.6) is 0 Å². The minimum Gasteiger partial charge on any atom is -0.358 e.